The van der Waals surface area contributed by atoms with Gasteiger partial charge in [0, 0.05) is 19.7 Å². The van der Waals surface area contributed by atoms with Gasteiger partial charge in [0.15, 0.2) is 5.82 Å². The van der Waals surface area contributed by atoms with Crippen molar-refractivity contribution in [3.63, 3.8) is 0 Å². The average molecular weight is 316 g/mol. The zero-order valence-electron chi connectivity index (χ0n) is 12.4. The molecule has 3 aromatic rings. The summed E-state index contributed by atoms with van der Waals surface area (Å²) in [6.07, 6.45) is 3.44. The monoisotopic (exact) mass is 315 g/mol. The summed E-state index contributed by atoms with van der Waals surface area (Å²) in [4.78, 5) is 22.2. The molecule has 0 aliphatic heterocycles. The Morgan fingerprint density at radius 1 is 1.41 bits per heavy atom. The maximum absolute atomic E-state index is 11.4. The van der Waals surface area contributed by atoms with Gasteiger partial charge < -0.3 is 4.90 Å². The molecule has 0 atom stereocenters. The number of benzene rings is 1. The van der Waals surface area contributed by atoms with E-state index in [-0.39, 0.29) is 0 Å². The van der Waals surface area contributed by atoms with Crippen molar-refractivity contribution in [2.75, 3.05) is 14.1 Å². The van der Waals surface area contributed by atoms with Gasteiger partial charge in [-0.25, -0.2) is 14.5 Å². The first-order valence-electron chi connectivity index (χ1n) is 6.66. The number of halogens is 1. The highest BCUT2D eigenvalue weighted by molar-refractivity contribution is 6.67. The fraction of sp³-hybridized carbons (Fsp3) is 0.200. The van der Waals surface area contributed by atoms with Crippen LogP contribution in [0.4, 0.5) is 5.82 Å². The van der Waals surface area contributed by atoms with Crippen molar-refractivity contribution in [3.05, 3.63) is 35.5 Å². The lowest BCUT2D eigenvalue weighted by atomic mass is 10.2. The number of aromatic nitrogens is 3. The van der Waals surface area contributed by atoms with Crippen LogP contribution in [0.15, 0.2) is 29.4 Å². The van der Waals surface area contributed by atoms with Crippen LogP contribution in [0.2, 0.25) is 0 Å². The van der Waals surface area contributed by atoms with Gasteiger partial charge in [0.1, 0.15) is 5.52 Å². The van der Waals surface area contributed by atoms with Crippen LogP contribution in [-0.2, 0) is 0 Å². The minimum atomic E-state index is -0.506. The van der Waals surface area contributed by atoms with E-state index in [1.807, 2.05) is 25.9 Å². The number of hydrogen-bond donors (Lipinski definition) is 0. The van der Waals surface area contributed by atoms with E-state index in [4.69, 9.17) is 11.6 Å². The fourth-order valence-electron chi connectivity index (χ4n) is 2.22. The molecule has 0 unspecified atom stereocenters. The summed E-state index contributed by atoms with van der Waals surface area (Å²) in [5.74, 6) is 0.584. The first-order chi connectivity index (χ1) is 10.5. The van der Waals surface area contributed by atoms with Crippen LogP contribution in [0, 0.1) is 6.92 Å². The minimum Gasteiger partial charge on any atom is -0.369 e. The molecule has 0 radical (unpaired) electrons. The van der Waals surface area contributed by atoms with Crippen molar-refractivity contribution in [2.24, 2.45) is 4.99 Å². The lowest BCUT2D eigenvalue weighted by Crippen LogP contribution is -2.07. The Labute approximate surface area is 132 Å². The van der Waals surface area contributed by atoms with E-state index in [9.17, 15) is 4.79 Å². The standard InChI is InChI=1S/C15H14ClN5O/c1-9-7-18-21-12-6-10(14(16)22)4-5-11(12)19-15(13(9)21)17-8-20(2)3/h4-8H,1-3H3/b17-8+. The van der Waals surface area contributed by atoms with E-state index in [1.165, 1.54) is 0 Å². The normalized spacial score (nSPS) is 11.6. The Balaban J connectivity index is 2.35. The van der Waals surface area contributed by atoms with Gasteiger partial charge >= 0.3 is 0 Å². The topological polar surface area (TPSA) is 62.9 Å². The summed E-state index contributed by atoms with van der Waals surface area (Å²) in [5, 5.41) is 3.86. The van der Waals surface area contributed by atoms with Crippen LogP contribution in [0.3, 0.4) is 0 Å². The maximum atomic E-state index is 11.4. The number of carbonyl (C=O) groups excluding carboxylic acids is 1. The lowest BCUT2D eigenvalue weighted by Gasteiger charge is -2.07. The summed E-state index contributed by atoms with van der Waals surface area (Å²) in [6.45, 7) is 1.95. The molecule has 0 fully saturated rings. The van der Waals surface area contributed by atoms with Crippen LogP contribution < -0.4 is 0 Å². The SMILES string of the molecule is Cc1cnn2c1c(/N=C/N(C)C)nc1ccc(C(=O)Cl)cc12. The number of hydrogen-bond acceptors (Lipinski definition) is 4. The molecule has 0 spiro atoms. The molecule has 0 aliphatic rings. The largest absolute Gasteiger partial charge is 0.369 e. The van der Waals surface area contributed by atoms with Crippen LogP contribution in [0.5, 0.6) is 0 Å². The molecule has 0 N–H and O–H groups in total. The third-order valence-electron chi connectivity index (χ3n) is 3.23. The molecule has 2 heterocycles. The third kappa shape index (κ3) is 2.42. The van der Waals surface area contributed by atoms with Gasteiger partial charge in [-0.3, -0.25) is 4.79 Å². The molecule has 7 heteroatoms. The van der Waals surface area contributed by atoms with E-state index < -0.39 is 5.24 Å². The predicted octanol–water partition coefficient (Wildman–Crippen LogP) is 2.79. The molecule has 0 saturated carbocycles. The highest BCUT2D eigenvalue weighted by Gasteiger charge is 2.13. The van der Waals surface area contributed by atoms with Crippen molar-refractivity contribution in [1.82, 2.24) is 19.5 Å². The maximum Gasteiger partial charge on any atom is 0.252 e. The van der Waals surface area contributed by atoms with Crippen LogP contribution >= 0.6 is 11.6 Å². The van der Waals surface area contributed by atoms with Crippen LogP contribution in [-0.4, -0.2) is 45.2 Å². The van der Waals surface area contributed by atoms with Gasteiger partial charge in [0.25, 0.3) is 5.24 Å². The Morgan fingerprint density at radius 3 is 2.86 bits per heavy atom. The van der Waals surface area contributed by atoms with Gasteiger partial charge in [-0.15, -0.1) is 0 Å². The fourth-order valence-corrected chi connectivity index (χ4v) is 2.34. The number of nitrogens with zero attached hydrogens (tertiary/aromatic N) is 5. The van der Waals surface area contributed by atoms with Crippen molar-refractivity contribution < 1.29 is 4.79 Å². The van der Waals surface area contributed by atoms with E-state index in [1.54, 1.807) is 35.2 Å². The van der Waals surface area contributed by atoms with Crippen molar-refractivity contribution in [2.45, 2.75) is 6.92 Å². The smallest absolute Gasteiger partial charge is 0.252 e. The molecule has 22 heavy (non-hydrogen) atoms. The molecule has 2 aromatic heterocycles. The first kappa shape index (κ1) is 14.5. The summed E-state index contributed by atoms with van der Waals surface area (Å²) < 4.78 is 1.74. The predicted molar refractivity (Wildman–Crippen MR) is 87.3 cm³/mol. The Hall–Kier alpha value is -2.47. The molecule has 0 amide bonds. The number of rotatable bonds is 3. The number of fused-ring (bicyclic) bond motifs is 3. The Morgan fingerprint density at radius 2 is 2.18 bits per heavy atom. The summed E-state index contributed by atoms with van der Waals surface area (Å²) in [7, 11) is 3.78. The molecule has 1 aromatic carbocycles. The Bertz CT molecular complexity index is 913. The zero-order valence-corrected chi connectivity index (χ0v) is 13.2. The van der Waals surface area contributed by atoms with E-state index >= 15 is 0 Å². The van der Waals surface area contributed by atoms with Crippen molar-refractivity contribution >= 4 is 45.5 Å². The van der Waals surface area contributed by atoms with Crippen LogP contribution in [0.25, 0.3) is 16.6 Å². The van der Waals surface area contributed by atoms with Crippen molar-refractivity contribution in [3.8, 4) is 0 Å². The van der Waals surface area contributed by atoms with Gasteiger partial charge in [0.2, 0.25) is 0 Å². The second-order valence-electron chi connectivity index (χ2n) is 5.21. The Kier molecular flexibility index (Phi) is 3.54. The van der Waals surface area contributed by atoms with Gasteiger partial charge in [-0.2, -0.15) is 5.10 Å². The first-order valence-corrected chi connectivity index (χ1v) is 7.03. The highest BCUT2D eigenvalue weighted by Crippen LogP contribution is 2.26. The minimum absolute atomic E-state index is 0.412. The van der Waals surface area contributed by atoms with Crippen LogP contribution in [0.1, 0.15) is 15.9 Å². The average Bonchev–Trinajstić information content (AvgIpc) is 2.87. The van der Waals surface area contributed by atoms with Crippen molar-refractivity contribution in [1.29, 1.82) is 0 Å². The van der Waals surface area contributed by atoms with Gasteiger partial charge in [0.05, 0.1) is 23.6 Å². The molecule has 0 aliphatic carbocycles. The molecule has 3 rings (SSSR count). The molecular formula is C15H14ClN5O. The van der Waals surface area contributed by atoms with Gasteiger partial charge in [-0.1, -0.05) is 0 Å². The summed E-state index contributed by atoms with van der Waals surface area (Å²) in [6, 6.07) is 5.08. The molecular weight excluding hydrogens is 302 g/mol. The molecule has 0 saturated heterocycles. The number of aryl methyl sites for hydroxylation is 1. The van der Waals surface area contributed by atoms with E-state index in [0.29, 0.717) is 16.9 Å². The number of aliphatic imine (C=N–C) groups is 1. The lowest BCUT2D eigenvalue weighted by molar-refractivity contribution is 0.108. The quantitative estimate of drug-likeness (QED) is 0.423. The third-order valence-corrected chi connectivity index (χ3v) is 3.45. The zero-order chi connectivity index (χ0) is 15.9. The summed E-state index contributed by atoms with van der Waals surface area (Å²) in [5.41, 5.74) is 3.60. The molecule has 0 bridgehead atoms. The van der Waals surface area contributed by atoms with E-state index in [2.05, 4.69) is 15.1 Å². The van der Waals surface area contributed by atoms with Gasteiger partial charge in [-0.05, 0) is 42.3 Å². The van der Waals surface area contributed by atoms with E-state index in [0.717, 1.165) is 16.6 Å². The second-order valence-corrected chi connectivity index (χ2v) is 5.55. The molecule has 6 nitrogen and oxygen atoms in total. The second kappa shape index (κ2) is 5.38. The molecule has 112 valence electrons. The summed E-state index contributed by atoms with van der Waals surface area (Å²) >= 11 is 5.56. The number of carbonyl (C=O) groups is 1. The highest BCUT2D eigenvalue weighted by atomic mass is 35.5.